The highest BCUT2D eigenvalue weighted by Gasteiger charge is 2.24. The Kier molecular flexibility index (Phi) is 4.57. The van der Waals surface area contributed by atoms with Crippen LogP contribution in [0.1, 0.15) is 31.4 Å². The van der Waals surface area contributed by atoms with Crippen LogP contribution in [0.5, 0.6) is 0 Å². The SMILES string of the molecule is NC(=NO)c1cc(N2CCCC2CCCO)ccn1. The molecule has 104 valence electrons. The summed E-state index contributed by atoms with van der Waals surface area (Å²) in [5, 5.41) is 20.6. The predicted octanol–water partition coefficient (Wildman–Crippen LogP) is 0.917. The van der Waals surface area contributed by atoms with Gasteiger partial charge in [0, 0.05) is 31.1 Å². The lowest BCUT2D eigenvalue weighted by Crippen LogP contribution is -2.29. The Balaban J connectivity index is 2.16. The Hall–Kier alpha value is -1.82. The molecule has 0 amide bonds. The van der Waals surface area contributed by atoms with E-state index in [1.54, 1.807) is 6.20 Å². The van der Waals surface area contributed by atoms with E-state index >= 15 is 0 Å². The molecular weight excluding hydrogens is 244 g/mol. The number of rotatable bonds is 5. The van der Waals surface area contributed by atoms with Crippen molar-refractivity contribution in [2.24, 2.45) is 10.9 Å². The van der Waals surface area contributed by atoms with Gasteiger partial charge in [0.05, 0.1) is 0 Å². The summed E-state index contributed by atoms with van der Waals surface area (Å²) in [4.78, 5) is 6.40. The normalized spacial score (nSPS) is 19.9. The van der Waals surface area contributed by atoms with Crippen molar-refractivity contribution in [3.8, 4) is 0 Å². The van der Waals surface area contributed by atoms with Crippen LogP contribution in [-0.2, 0) is 0 Å². The van der Waals surface area contributed by atoms with E-state index in [4.69, 9.17) is 16.0 Å². The van der Waals surface area contributed by atoms with Crippen molar-refractivity contribution >= 4 is 11.5 Å². The van der Waals surface area contributed by atoms with Gasteiger partial charge in [0.25, 0.3) is 0 Å². The van der Waals surface area contributed by atoms with E-state index in [1.165, 1.54) is 0 Å². The first-order valence-corrected chi connectivity index (χ1v) is 6.57. The number of pyridine rings is 1. The molecule has 6 heteroatoms. The molecule has 19 heavy (non-hydrogen) atoms. The zero-order valence-corrected chi connectivity index (χ0v) is 10.9. The summed E-state index contributed by atoms with van der Waals surface area (Å²) in [5.41, 5.74) is 7.08. The lowest BCUT2D eigenvalue weighted by atomic mass is 10.1. The molecule has 0 aliphatic carbocycles. The van der Waals surface area contributed by atoms with Crippen molar-refractivity contribution < 1.29 is 10.3 Å². The molecule has 0 saturated carbocycles. The van der Waals surface area contributed by atoms with Crippen LogP contribution in [0.25, 0.3) is 0 Å². The van der Waals surface area contributed by atoms with Gasteiger partial charge in [-0.05, 0) is 37.8 Å². The number of hydrogen-bond acceptors (Lipinski definition) is 5. The summed E-state index contributed by atoms with van der Waals surface area (Å²) >= 11 is 0. The number of nitrogens with zero attached hydrogens (tertiary/aromatic N) is 3. The number of aliphatic hydroxyl groups is 1. The maximum atomic E-state index is 8.94. The second-order valence-corrected chi connectivity index (χ2v) is 4.74. The maximum absolute atomic E-state index is 8.94. The zero-order valence-electron chi connectivity index (χ0n) is 10.9. The summed E-state index contributed by atoms with van der Waals surface area (Å²) < 4.78 is 0. The second-order valence-electron chi connectivity index (χ2n) is 4.74. The smallest absolute Gasteiger partial charge is 0.188 e. The van der Waals surface area contributed by atoms with Crippen LogP contribution in [0.15, 0.2) is 23.5 Å². The quantitative estimate of drug-likeness (QED) is 0.318. The molecule has 1 aromatic heterocycles. The van der Waals surface area contributed by atoms with Gasteiger partial charge < -0.3 is 20.9 Å². The third kappa shape index (κ3) is 3.14. The highest BCUT2D eigenvalue weighted by Crippen LogP contribution is 2.28. The van der Waals surface area contributed by atoms with Crippen LogP contribution >= 0.6 is 0 Å². The highest BCUT2D eigenvalue weighted by atomic mass is 16.4. The lowest BCUT2D eigenvalue weighted by molar-refractivity contribution is 0.279. The van der Waals surface area contributed by atoms with Crippen molar-refractivity contribution in [2.75, 3.05) is 18.1 Å². The van der Waals surface area contributed by atoms with Gasteiger partial charge in [0.2, 0.25) is 0 Å². The van der Waals surface area contributed by atoms with E-state index in [1.807, 2.05) is 12.1 Å². The van der Waals surface area contributed by atoms with Gasteiger partial charge >= 0.3 is 0 Å². The van der Waals surface area contributed by atoms with Gasteiger partial charge in [0.15, 0.2) is 5.84 Å². The number of aromatic nitrogens is 1. The van der Waals surface area contributed by atoms with Gasteiger partial charge in [-0.3, -0.25) is 4.98 Å². The van der Waals surface area contributed by atoms with E-state index in [0.29, 0.717) is 11.7 Å². The highest BCUT2D eigenvalue weighted by molar-refractivity contribution is 5.95. The molecule has 0 spiro atoms. The van der Waals surface area contributed by atoms with Crippen LogP contribution in [0, 0.1) is 0 Å². The Morgan fingerprint density at radius 1 is 1.58 bits per heavy atom. The minimum absolute atomic E-state index is 0.0213. The molecule has 4 N–H and O–H groups in total. The van der Waals surface area contributed by atoms with Crippen LogP contribution < -0.4 is 10.6 Å². The molecule has 1 fully saturated rings. The number of oxime groups is 1. The molecule has 1 saturated heterocycles. The summed E-state index contributed by atoms with van der Waals surface area (Å²) in [7, 11) is 0. The van der Waals surface area contributed by atoms with Crippen LogP contribution in [0.4, 0.5) is 5.69 Å². The number of aliphatic hydroxyl groups excluding tert-OH is 1. The third-order valence-corrected chi connectivity index (χ3v) is 3.52. The summed E-state index contributed by atoms with van der Waals surface area (Å²) in [6.45, 7) is 1.23. The molecular formula is C13H20N4O2. The fourth-order valence-electron chi connectivity index (χ4n) is 2.59. The van der Waals surface area contributed by atoms with Gasteiger partial charge in [-0.1, -0.05) is 5.16 Å². The molecule has 1 aliphatic rings. The molecule has 0 bridgehead atoms. The maximum Gasteiger partial charge on any atom is 0.188 e. The number of anilines is 1. The molecule has 1 aromatic rings. The van der Waals surface area contributed by atoms with E-state index in [2.05, 4.69) is 15.0 Å². The molecule has 1 aliphatic heterocycles. The number of hydrogen-bond donors (Lipinski definition) is 3. The first-order chi connectivity index (χ1) is 9.26. The van der Waals surface area contributed by atoms with Crippen molar-refractivity contribution in [3.05, 3.63) is 24.0 Å². The Bertz CT molecular complexity index is 450. The Morgan fingerprint density at radius 3 is 3.16 bits per heavy atom. The molecule has 2 heterocycles. The van der Waals surface area contributed by atoms with E-state index in [9.17, 15) is 0 Å². The average molecular weight is 264 g/mol. The minimum Gasteiger partial charge on any atom is -0.409 e. The van der Waals surface area contributed by atoms with Gasteiger partial charge in [-0.2, -0.15) is 0 Å². The Labute approximate surface area is 112 Å². The van der Waals surface area contributed by atoms with E-state index < -0.39 is 0 Å². The molecule has 0 radical (unpaired) electrons. The van der Waals surface area contributed by atoms with Gasteiger partial charge in [-0.25, -0.2) is 0 Å². The second kappa shape index (κ2) is 6.38. The van der Waals surface area contributed by atoms with Crippen LogP contribution in [0.3, 0.4) is 0 Å². The third-order valence-electron chi connectivity index (χ3n) is 3.52. The van der Waals surface area contributed by atoms with Crippen molar-refractivity contribution in [2.45, 2.75) is 31.7 Å². The monoisotopic (exact) mass is 264 g/mol. The molecule has 1 unspecified atom stereocenters. The largest absolute Gasteiger partial charge is 0.409 e. The number of nitrogens with two attached hydrogens (primary N) is 1. The van der Waals surface area contributed by atoms with Crippen molar-refractivity contribution in [1.82, 2.24) is 4.98 Å². The zero-order chi connectivity index (χ0) is 13.7. The van der Waals surface area contributed by atoms with E-state index in [-0.39, 0.29) is 12.4 Å². The fraction of sp³-hybridized carbons (Fsp3) is 0.538. The fourth-order valence-corrected chi connectivity index (χ4v) is 2.59. The van der Waals surface area contributed by atoms with Gasteiger partial charge in [0.1, 0.15) is 5.69 Å². The first-order valence-electron chi connectivity index (χ1n) is 6.57. The molecule has 0 aromatic carbocycles. The van der Waals surface area contributed by atoms with Crippen molar-refractivity contribution in [1.29, 1.82) is 0 Å². The molecule has 2 rings (SSSR count). The first kappa shape index (κ1) is 13.6. The van der Waals surface area contributed by atoms with Gasteiger partial charge in [-0.15, -0.1) is 0 Å². The lowest BCUT2D eigenvalue weighted by Gasteiger charge is -2.27. The topological polar surface area (TPSA) is 95.0 Å². The Morgan fingerprint density at radius 2 is 2.42 bits per heavy atom. The summed E-state index contributed by atoms with van der Waals surface area (Å²) in [6.07, 6.45) is 5.76. The van der Waals surface area contributed by atoms with Crippen LogP contribution in [-0.4, -0.2) is 40.3 Å². The summed E-state index contributed by atoms with van der Waals surface area (Å²) in [5.74, 6) is 0.0213. The van der Waals surface area contributed by atoms with Crippen molar-refractivity contribution in [3.63, 3.8) is 0 Å². The number of amidine groups is 1. The van der Waals surface area contributed by atoms with Crippen LogP contribution in [0.2, 0.25) is 0 Å². The molecule has 1 atom stereocenters. The standard InChI is InChI=1S/C13H20N4O2/c14-13(16-19)12-9-11(5-6-15-12)17-7-1-3-10(17)4-2-8-18/h5-6,9-10,18-19H,1-4,7-8H2,(H2,14,16). The molecule has 6 nitrogen and oxygen atoms in total. The average Bonchev–Trinajstić information content (AvgIpc) is 2.92. The minimum atomic E-state index is 0.0213. The summed E-state index contributed by atoms with van der Waals surface area (Å²) in [6, 6.07) is 4.23. The van der Waals surface area contributed by atoms with E-state index in [0.717, 1.165) is 37.9 Å². The predicted molar refractivity (Wildman–Crippen MR) is 73.4 cm³/mol.